The number of rotatable bonds is 4. The van der Waals surface area contributed by atoms with Gasteiger partial charge in [0.2, 0.25) is 0 Å². The van der Waals surface area contributed by atoms with E-state index in [1.165, 1.54) is 6.07 Å². The van der Waals surface area contributed by atoms with Crippen LogP contribution >= 0.6 is 11.8 Å². The van der Waals surface area contributed by atoms with Crippen LogP contribution in [-0.2, 0) is 4.79 Å². The van der Waals surface area contributed by atoms with Gasteiger partial charge >= 0.3 is 6.61 Å². The lowest BCUT2D eigenvalue weighted by molar-refractivity contribution is -0.104. The summed E-state index contributed by atoms with van der Waals surface area (Å²) >= 11 is 1.14. The summed E-state index contributed by atoms with van der Waals surface area (Å²) in [6, 6.07) is 3.37. The Morgan fingerprint density at radius 3 is 2.81 bits per heavy atom. The molecule has 112 valence electrons. The zero-order valence-corrected chi connectivity index (χ0v) is 12.1. The fourth-order valence-corrected chi connectivity index (χ4v) is 3.01. The number of hydrogen-bond donors (Lipinski definition) is 0. The number of aldehydes is 1. The second-order valence-electron chi connectivity index (χ2n) is 4.49. The van der Waals surface area contributed by atoms with Gasteiger partial charge in [0.25, 0.3) is 0 Å². The van der Waals surface area contributed by atoms with Gasteiger partial charge in [-0.3, -0.25) is 4.79 Å². The number of allylic oxidation sites excluding steroid dienone is 3. The van der Waals surface area contributed by atoms with Crippen LogP contribution in [0.5, 0.6) is 5.75 Å². The molecule has 0 bridgehead atoms. The number of ether oxygens (including phenoxy) is 1. The van der Waals surface area contributed by atoms with E-state index in [1.807, 2.05) is 6.92 Å². The summed E-state index contributed by atoms with van der Waals surface area (Å²) in [4.78, 5) is 12.2. The van der Waals surface area contributed by atoms with Gasteiger partial charge in [0.1, 0.15) is 11.6 Å². The van der Waals surface area contributed by atoms with E-state index in [-0.39, 0.29) is 11.3 Å². The number of halogens is 3. The summed E-state index contributed by atoms with van der Waals surface area (Å²) in [5, 5.41) is 0. The number of benzene rings is 1. The average molecular weight is 314 g/mol. The molecule has 1 aliphatic rings. The minimum atomic E-state index is -2.99. The molecule has 0 saturated heterocycles. The summed E-state index contributed by atoms with van der Waals surface area (Å²) in [6.07, 6.45) is 3.88. The van der Waals surface area contributed by atoms with Crippen molar-refractivity contribution < 1.29 is 22.7 Å². The van der Waals surface area contributed by atoms with Gasteiger partial charge in [-0.15, -0.1) is 0 Å². The number of alkyl halides is 2. The lowest BCUT2D eigenvalue weighted by Crippen LogP contribution is -2.04. The van der Waals surface area contributed by atoms with E-state index in [4.69, 9.17) is 0 Å². The Kier molecular flexibility index (Phi) is 5.12. The van der Waals surface area contributed by atoms with Crippen LogP contribution in [0.25, 0.3) is 4.91 Å². The molecule has 2 nitrogen and oxygen atoms in total. The molecule has 0 saturated carbocycles. The van der Waals surface area contributed by atoms with Gasteiger partial charge in [0.05, 0.1) is 4.91 Å². The van der Waals surface area contributed by atoms with Crippen molar-refractivity contribution in [2.75, 3.05) is 0 Å². The molecule has 0 amide bonds. The first-order valence-electron chi connectivity index (χ1n) is 6.29. The standard InChI is InChI=1S/C15H13F3O2S/c1-9-3-2-4-13(21-14(9)8-19)11-7-10(16)5-6-12(11)20-15(17)18/h4-8,15H,2-3H2,1H3. The Bertz CT molecular complexity index is 609. The number of hydrogen-bond acceptors (Lipinski definition) is 3. The van der Waals surface area contributed by atoms with Crippen LogP contribution in [0, 0.1) is 5.82 Å². The van der Waals surface area contributed by atoms with E-state index in [0.29, 0.717) is 22.7 Å². The molecule has 21 heavy (non-hydrogen) atoms. The lowest BCUT2D eigenvalue weighted by atomic mass is 10.1. The third-order valence-electron chi connectivity index (χ3n) is 3.02. The van der Waals surface area contributed by atoms with Gasteiger partial charge in [0.15, 0.2) is 6.29 Å². The molecule has 0 radical (unpaired) electrons. The Labute approximate surface area is 124 Å². The van der Waals surface area contributed by atoms with Crippen LogP contribution in [0.1, 0.15) is 25.3 Å². The van der Waals surface area contributed by atoms with Crippen molar-refractivity contribution in [1.29, 1.82) is 0 Å². The summed E-state index contributed by atoms with van der Waals surface area (Å²) in [7, 11) is 0. The van der Waals surface area contributed by atoms with Crippen LogP contribution in [0.4, 0.5) is 13.2 Å². The normalized spacial score (nSPS) is 15.8. The monoisotopic (exact) mass is 314 g/mol. The van der Waals surface area contributed by atoms with Crippen molar-refractivity contribution >= 4 is 23.0 Å². The topological polar surface area (TPSA) is 26.3 Å². The molecule has 1 aromatic carbocycles. The van der Waals surface area contributed by atoms with Gasteiger partial charge in [0, 0.05) is 10.5 Å². The fourth-order valence-electron chi connectivity index (χ4n) is 1.97. The highest BCUT2D eigenvalue weighted by atomic mass is 32.2. The van der Waals surface area contributed by atoms with Gasteiger partial charge < -0.3 is 4.74 Å². The Morgan fingerprint density at radius 1 is 1.38 bits per heavy atom. The lowest BCUT2D eigenvalue weighted by Gasteiger charge is -2.13. The second-order valence-corrected chi connectivity index (χ2v) is 5.57. The first kappa shape index (κ1) is 15.7. The zero-order valence-electron chi connectivity index (χ0n) is 11.2. The Morgan fingerprint density at radius 2 is 2.14 bits per heavy atom. The van der Waals surface area contributed by atoms with Crippen LogP contribution in [-0.4, -0.2) is 12.9 Å². The molecular weight excluding hydrogens is 301 g/mol. The van der Waals surface area contributed by atoms with E-state index < -0.39 is 12.4 Å². The highest BCUT2D eigenvalue weighted by Crippen LogP contribution is 2.42. The summed E-state index contributed by atoms with van der Waals surface area (Å²) in [6.45, 7) is -1.15. The smallest absolute Gasteiger partial charge is 0.387 e. The SMILES string of the molecule is CC1=C(C=O)SC(c2cc(F)ccc2OC(F)F)=CCC1. The highest BCUT2D eigenvalue weighted by Gasteiger charge is 2.18. The Balaban J connectivity index is 2.42. The maximum absolute atomic E-state index is 13.4. The van der Waals surface area contributed by atoms with E-state index >= 15 is 0 Å². The van der Waals surface area contributed by atoms with Crippen molar-refractivity contribution in [3.63, 3.8) is 0 Å². The maximum Gasteiger partial charge on any atom is 0.387 e. The number of carbonyl (C=O) groups excluding carboxylic acids is 1. The minimum Gasteiger partial charge on any atom is -0.434 e. The molecule has 0 unspecified atom stereocenters. The molecule has 2 rings (SSSR count). The molecule has 0 spiro atoms. The van der Waals surface area contributed by atoms with E-state index in [1.54, 1.807) is 6.08 Å². The van der Waals surface area contributed by atoms with Gasteiger partial charge in [-0.1, -0.05) is 23.4 Å². The average Bonchev–Trinajstić information content (AvgIpc) is 2.62. The summed E-state index contributed by atoms with van der Waals surface area (Å²) in [5.41, 5.74) is 1.16. The third-order valence-corrected chi connectivity index (χ3v) is 4.29. The van der Waals surface area contributed by atoms with E-state index in [9.17, 15) is 18.0 Å². The Hall–Kier alpha value is -1.69. The number of carbonyl (C=O) groups is 1. The van der Waals surface area contributed by atoms with Crippen LogP contribution in [0.15, 0.2) is 34.8 Å². The van der Waals surface area contributed by atoms with E-state index in [2.05, 4.69) is 4.74 Å². The van der Waals surface area contributed by atoms with Crippen LogP contribution in [0.2, 0.25) is 0 Å². The van der Waals surface area contributed by atoms with Crippen molar-refractivity contribution in [2.45, 2.75) is 26.4 Å². The number of thioether (sulfide) groups is 1. The van der Waals surface area contributed by atoms with Crippen molar-refractivity contribution in [1.82, 2.24) is 0 Å². The fraction of sp³-hybridized carbons (Fsp3) is 0.267. The molecule has 0 aliphatic carbocycles. The second kappa shape index (κ2) is 6.85. The largest absolute Gasteiger partial charge is 0.434 e. The molecule has 0 fully saturated rings. The minimum absolute atomic E-state index is 0.102. The molecule has 1 aliphatic heterocycles. The summed E-state index contributed by atoms with van der Waals surface area (Å²) < 4.78 is 42.8. The van der Waals surface area contributed by atoms with Crippen LogP contribution < -0.4 is 4.74 Å². The van der Waals surface area contributed by atoms with Gasteiger partial charge in [-0.2, -0.15) is 8.78 Å². The summed E-state index contributed by atoms with van der Waals surface area (Å²) in [5.74, 6) is -0.652. The molecule has 0 atom stereocenters. The van der Waals surface area contributed by atoms with Crippen molar-refractivity contribution in [2.24, 2.45) is 0 Å². The van der Waals surface area contributed by atoms with Gasteiger partial charge in [-0.25, -0.2) is 4.39 Å². The van der Waals surface area contributed by atoms with E-state index in [0.717, 1.165) is 35.8 Å². The third kappa shape index (κ3) is 3.91. The van der Waals surface area contributed by atoms with Gasteiger partial charge in [-0.05, 0) is 38.0 Å². The molecular formula is C15H13F3O2S. The highest BCUT2D eigenvalue weighted by molar-refractivity contribution is 8.12. The molecule has 6 heteroatoms. The first-order valence-corrected chi connectivity index (χ1v) is 7.10. The predicted molar refractivity (Wildman–Crippen MR) is 76.6 cm³/mol. The van der Waals surface area contributed by atoms with Crippen LogP contribution in [0.3, 0.4) is 0 Å². The van der Waals surface area contributed by atoms with Crippen molar-refractivity contribution in [3.05, 3.63) is 46.1 Å². The molecule has 0 aromatic heterocycles. The molecule has 0 N–H and O–H groups in total. The first-order chi connectivity index (χ1) is 10.0. The van der Waals surface area contributed by atoms with Crippen molar-refractivity contribution in [3.8, 4) is 5.75 Å². The molecule has 1 heterocycles. The predicted octanol–water partition coefficient (Wildman–Crippen LogP) is 4.77. The quantitative estimate of drug-likeness (QED) is 0.749. The molecule has 1 aromatic rings. The zero-order chi connectivity index (χ0) is 15.4. The maximum atomic E-state index is 13.4.